The first-order valence-corrected chi connectivity index (χ1v) is 32.6. The molecule has 15 nitrogen and oxygen atoms in total. The summed E-state index contributed by atoms with van der Waals surface area (Å²) in [5, 5.41) is 22.3. The first-order valence-electron chi connectivity index (χ1n) is 31.1. The Bertz CT molecular complexity index is 2120. The Morgan fingerprint density at radius 2 is 1.15 bits per heavy atom. The fraction of sp³-hybridized carbons (Fsp3) is 0.714. The number of aliphatic hydroxyl groups is 1. The van der Waals surface area contributed by atoms with E-state index in [-0.39, 0.29) is 31.3 Å². The highest BCUT2D eigenvalue weighted by atomic mass is 31.2. The minimum Gasteiger partial charge on any atom is -0.489 e. The van der Waals surface area contributed by atoms with Crippen LogP contribution < -0.4 is 26.0 Å². The molecule has 448 valence electrons. The monoisotopic (exact) mass is 1120 g/mol. The number of hydrogen-bond acceptors (Lipinski definition) is 9. The van der Waals surface area contributed by atoms with E-state index in [4.69, 9.17) is 13.8 Å². The summed E-state index contributed by atoms with van der Waals surface area (Å²) in [6, 6.07) is 13.0. The number of phosphoric acid groups is 1. The highest BCUT2D eigenvalue weighted by molar-refractivity contribution is 7.47. The van der Waals surface area contributed by atoms with Gasteiger partial charge in [-0.25, -0.2) is 4.57 Å². The topological polar surface area (TPSA) is 217 Å². The summed E-state index contributed by atoms with van der Waals surface area (Å²) in [6.07, 6.45) is 37.0. The Kier molecular flexibility index (Phi) is 38.0. The summed E-state index contributed by atoms with van der Waals surface area (Å²) in [5.41, 5.74) is 2.07. The fourth-order valence-corrected chi connectivity index (χ4v) is 10.6. The van der Waals surface area contributed by atoms with Gasteiger partial charge in [0.25, 0.3) is 5.91 Å². The van der Waals surface area contributed by atoms with Crippen molar-refractivity contribution >= 4 is 42.4 Å². The molecule has 0 saturated heterocycles. The number of aromatic nitrogens is 1. The van der Waals surface area contributed by atoms with E-state index in [1.807, 2.05) is 56.3 Å². The second kappa shape index (κ2) is 43.5. The Morgan fingerprint density at radius 3 is 1.71 bits per heavy atom. The van der Waals surface area contributed by atoms with Crippen LogP contribution in [0.5, 0.6) is 5.75 Å². The van der Waals surface area contributed by atoms with Crippen LogP contribution in [0.15, 0.2) is 54.7 Å². The van der Waals surface area contributed by atoms with Gasteiger partial charge in [-0.2, -0.15) is 0 Å². The second-order valence-corrected chi connectivity index (χ2v) is 23.4. The van der Waals surface area contributed by atoms with Crippen molar-refractivity contribution in [3.05, 3.63) is 65.9 Å². The van der Waals surface area contributed by atoms with E-state index < -0.39 is 56.9 Å². The molecule has 1 aromatic heterocycles. The predicted molar refractivity (Wildman–Crippen MR) is 320 cm³/mol. The minimum absolute atomic E-state index is 0.154. The third kappa shape index (κ3) is 32.1. The van der Waals surface area contributed by atoms with Gasteiger partial charge in [0.05, 0.1) is 24.9 Å². The van der Waals surface area contributed by atoms with Gasteiger partial charge in [0.15, 0.2) is 0 Å². The van der Waals surface area contributed by atoms with Gasteiger partial charge in [-0.1, -0.05) is 238 Å². The van der Waals surface area contributed by atoms with Crippen molar-refractivity contribution in [3.63, 3.8) is 0 Å². The van der Waals surface area contributed by atoms with Crippen molar-refractivity contribution in [2.75, 3.05) is 26.3 Å². The van der Waals surface area contributed by atoms with Crippen molar-refractivity contribution in [2.24, 2.45) is 5.92 Å². The first-order chi connectivity index (χ1) is 38.4. The van der Waals surface area contributed by atoms with E-state index in [9.17, 15) is 33.7 Å². The Balaban J connectivity index is 1.44. The number of aliphatic hydroxyl groups excluding tert-OH is 1. The molecule has 79 heavy (non-hydrogen) atoms. The quantitative estimate of drug-likeness (QED) is 0.0210. The van der Waals surface area contributed by atoms with Gasteiger partial charge >= 0.3 is 7.82 Å². The number of ether oxygens (including phenoxy) is 1. The van der Waals surface area contributed by atoms with Crippen LogP contribution in [0.25, 0.3) is 10.9 Å². The van der Waals surface area contributed by atoms with Gasteiger partial charge < -0.3 is 41.0 Å². The van der Waals surface area contributed by atoms with Crippen molar-refractivity contribution in [2.45, 2.75) is 258 Å². The number of benzene rings is 2. The third-order valence-electron chi connectivity index (χ3n) is 15.1. The number of H-pyrrole nitrogens is 1. The maximum absolute atomic E-state index is 13.7. The number of amides is 4. The van der Waals surface area contributed by atoms with E-state index in [0.717, 1.165) is 49.6 Å². The van der Waals surface area contributed by atoms with E-state index in [0.29, 0.717) is 49.0 Å². The largest absolute Gasteiger partial charge is 0.489 e. The smallest absolute Gasteiger partial charge is 0.472 e. The predicted octanol–water partition coefficient (Wildman–Crippen LogP) is 14.2. The van der Waals surface area contributed by atoms with Gasteiger partial charge in [-0.05, 0) is 48.9 Å². The van der Waals surface area contributed by atoms with Crippen LogP contribution >= 0.6 is 7.82 Å². The zero-order valence-corrected chi connectivity index (χ0v) is 50.2. The summed E-state index contributed by atoms with van der Waals surface area (Å²) < 4.78 is 29.6. The molecule has 3 aromatic rings. The maximum atomic E-state index is 13.7. The average molecular weight is 1120 g/mol. The molecule has 0 bridgehead atoms. The minimum atomic E-state index is -4.78. The lowest BCUT2D eigenvalue weighted by Crippen LogP contribution is -2.50. The number of rotatable bonds is 50. The van der Waals surface area contributed by atoms with E-state index in [2.05, 4.69) is 40.1 Å². The van der Waals surface area contributed by atoms with Gasteiger partial charge in [0.2, 0.25) is 17.7 Å². The molecule has 4 amide bonds. The van der Waals surface area contributed by atoms with Gasteiger partial charge in [-0.15, -0.1) is 0 Å². The molecule has 7 N–H and O–H groups in total. The van der Waals surface area contributed by atoms with Crippen LogP contribution in [0.1, 0.15) is 249 Å². The van der Waals surface area contributed by atoms with Gasteiger partial charge in [0, 0.05) is 36.6 Å². The number of nitrogens with one attached hydrogen (secondary N) is 5. The zero-order chi connectivity index (χ0) is 57.2. The molecule has 1 heterocycles. The van der Waals surface area contributed by atoms with Crippen LogP contribution in [0, 0.1) is 5.92 Å². The molecule has 5 atom stereocenters. The third-order valence-corrected chi connectivity index (χ3v) is 16.0. The van der Waals surface area contributed by atoms with Crippen LogP contribution in [0.2, 0.25) is 0 Å². The highest BCUT2D eigenvalue weighted by Gasteiger charge is 2.30. The van der Waals surface area contributed by atoms with Crippen LogP contribution in [0.4, 0.5) is 0 Å². The molecule has 3 rings (SSSR count). The van der Waals surface area contributed by atoms with Gasteiger partial charge in [0.1, 0.15) is 24.4 Å². The molecular weight excluding hydrogens is 1020 g/mol. The number of carbonyl (C=O) groups is 4. The fourth-order valence-electron chi connectivity index (χ4n) is 9.82. The molecule has 2 unspecified atom stereocenters. The lowest BCUT2D eigenvalue weighted by molar-refractivity contribution is -0.130. The normalized spacial score (nSPS) is 13.8. The summed E-state index contributed by atoms with van der Waals surface area (Å²) in [6.45, 7) is 7.50. The average Bonchev–Trinajstić information content (AvgIpc) is 3.98. The molecular formula is C63H106N5O10P. The summed E-state index contributed by atoms with van der Waals surface area (Å²) >= 11 is 0. The molecule has 0 aliphatic heterocycles. The number of carbonyl (C=O) groups excluding carboxylic acids is 4. The maximum Gasteiger partial charge on any atom is 0.472 e. The van der Waals surface area contributed by atoms with E-state index in [1.165, 1.54) is 135 Å². The summed E-state index contributed by atoms with van der Waals surface area (Å²) in [4.78, 5) is 67.6. The summed E-state index contributed by atoms with van der Waals surface area (Å²) in [5.74, 6) is -1.62. The Morgan fingerprint density at radius 1 is 0.620 bits per heavy atom. The number of fused-ring (bicyclic) bond motifs is 1. The highest BCUT2D eigenvalue weighted by Crippen LogP contribution is 2.43. The SMILES string of the molecule is CCCCCCCCCCCCCCCCCCCC(=O)N[C@@H](COP(=O)(O)OCCNC(=O)[C@@H](NC(=O)c1c[nH]c2ccc(OCc3ccccc3)cc12)[C@@H](C)CC)C(=O)NCCC(O)CCCCCCCCCCCCC. The zero-order valence-electron chi connectivity index (χ0n) is 49.3. The van der Waals surface area contributed by atoms with Crippen molar-refractivity contribution in [1.82, 2.24) is 26.3 Å². The molecule has 0 saturated carbocycles. The standard InChI is InChI=1S/C63H106N5O10P/c1-5-8-10-12-14-16-18-19-20-21-22-23-25-27-29-31-36-40-59(70)67-58(62(72)64-44-43-53(69)39-35-30-28-26-24-17-15-13-11-9-6-2)50-78-79(74,75)77-46-45-65-63(73)60(51(4)7-3)68-61(71)56-48-66-57-42-41-54(47-55(56)57)76-49-52-37-33-32-34-38-52/h32-34,37-38,41-42,47-48,51,53,58,60,66,69H,5-31,35-36,39-40,43-46,49-50H2,1-4H3,(H,64,72)(H,65,73)(H,67,70)(H,68,71)(H,74,75)/t51-,53?,58-,60-/m0/s1. The summed E-state index contributed by atoms with van der Waals surface area (Å²) in [7, 11) is -4.78. The lowest BCUT2D eigenvalue weighted by Gasteiger charge is -2.24. The number of hydrogen-bond donors (Lipinski definition) is 7. The van der Waals surface area contributed by atoms with Crippen molar-refractivity contribution in [1.29, 1.82) is 0 Å². The van der Waals surface area contributed by atoms with E-state index in [1.54, 1.807) is 12.3 Å². The molecule has 0 fully saturated rings. The first kappa shape index (κ1) is 69.0. The molecule has 0 spiro atoms. The van der Waals surface area contributed by atoms with E-state index >= 15 is 0 Å². The van der Waals surface area contributed by atoms with Crippen molar-refractivity contribution in [3.8, 4) is 5.75 Å². The molecule has 0 radical (unpaired) electrons. The lowest BCUT2D eigenvalue weighted by atomic mass is 9.97. The molecule has 0 aliphatic rings. The number of aromatic amines is 1. The Hall–Kier alpha value is -4.27. The molecule has 0 aliphatic carbocycles. The van der Waals surface area contributed by atoms with Crippen LogP contribution in [-0.2, 0) is 34.6 Å². The van der Waals surface area contributed by atoms with Crippen LogP contribution in [-0.4, -0.2) is 83.1 Å². The molecule has 16 heteroatoms. The van der Waals surface area contributed by atoms with Crippen LogP contribution in [0.3, 0.4) is 0 Å². The number of phosphoric ester groups is 1. The number of unbranched alkanes of at least 4 members (excludes halogenated alkanes) is 26. The Labute approximate surface area is 476 Å². The molecule has 2 aromatic carbocycles. The van der Waals surface area contributed by atoms with Crippen molar-refractivity contribution < 1.29 is 47.5 Å². The second-order valence-electron chi connectivity index (χ2n) is 22.0. The van der Waals surface area contributed by atoms with Gasteiger partial charge in [-0.3, -0.25) is 28.2 Å².